The van der Waals surface area contributed by atoms with Crippen LogP contribution in [-0.2, 0) is 19.6 Å². The van der Waals surface area contributed by atoms with Gasteiger partial charge >= 0.3 is 5.97 Å². The van der Waals surface area contributed by atoms with Crippen LogP contribution in [0.25, 0.3) is 0 Å². The van der Waals surface area contributed by atoms with Gasteiger partial charge < -0.3 is 10.1 Å². The van der Waals surface area contributed by atoms with Crippen molar-refractivity contribution in [2.24, 2.45) is 0 Å². The predicted molar refractivity (Wildman–Crippen MR) is 76.7 cm³/mol. The standard InChI is InChI=1S/C12H15ClN2O5S/c1-8(16)14-5-6-15-21(18,19)11-4-3-9(7-10(11)13)12(17)20-2/h3-4,7,15H,5-6H2,1-2H3,(H,14,16). The van der Waals surface area contributed by atoms with Gasteiger partial charge in [0, 0.05) is 20.0 Å². The third-order valence-electron chi connectivity index (χ3n) is 2.43. The summed E-state index contributed by atoms with van der Waals surface area (Å²) in [6.45, 7) is 1.51. The lowest BCUT2D eigenvalue weighted by Gasteiger charge is -2.09. The van der Waals surface area contributed by atoms with Gasteiger partial charge in [-0.05, 0) is 18.2 Å². The van der Waals surface area contributed by atoms with E-state index in [1.54, 1.807) is 0 Å². The first kappa shape index (κ1) is 17.4. The van der Waals surface area contributed by atoms with Gasteiger partial charge in [0.15, 0.2) is 0 Å². The second-order valence-electron chi connectivity index (χ2n) is 4.02. The first-order valence-corrected chi connectivity index (χ1v) is 7.76. The summed E-state index contributed by atoms with van der Waals surface area (Å²) < 4.78 is 30.9. The van der Waals surface area contributed by atoms with Crippen LogP contribution in [-0.4, -0.2) is 40.5 Å². The third-order valence-corrected chi connectivity index (χ3v) is 4.38. The number of esters is 1. The molecule has 0 aliphatic heterocycles. The number of carbonyl (C=O) groups excluding carboxylic acids is 2. The maximum absolute atomic E-state index is 12.0. The summed E-state index contributed by atoms with van der Waals surface area (Å²) in [5.74, 6) is -0.867. The molecule has 0 heterocycles. The molecule has 0 aliphatic rings. The topological polar surface area (TPSA) is 102 Å². The Bertz CT molecular complexity index is 645. The Morgan fingerprint density at radius 2 is 1.95 bits per heavy atom. The third kappa shape index (κ3) is 5.00. The van der Waals surface area contributed by atoms with Crippen molar-refractivity contribution in [3.05, 3.63) is 28.8 Å². The molecule has 1 aromatic carbocycles. The lowest BCUT2D eigenvalue weighted by atomic mass is 10.2. The summed E-state index contributed by atoms with van der Waals surface area (Å²) in [7, 11) is -2.61. The molecule has 0 unspecified atom stereocenters. The van der Waals surface area contributed by atoms with Crippen molar-refractivity contribution in [1.82, 2.24) is 10.0 Å². The van der Waals surface area contributed by atoms with E-state index in [2.05, 4.69) is 14.8 Å². The summed E-state index contributed by atoms with van der Waals surface area (Å²) in [5.41, 5.74) is 0.152. The number of nitrogens with one attached hydrogen (secondary N) is 2. The molecule has 2 N–H and O–H groups in total. The van der Waals surface area contributed by atoms with Crippen LogP contribution < -0.4 is 10.0 Å². The van der Waals surface area contributed by atoms with E-state index in [0.717, 1.165) is 0 Å². The second-order valence-corrected chi connectivity index (χ2v) is 6.16. The molecule has 0 radical (unpaired) electrons. The van der Waals surface area contributed by atoms with Gasteiger partial charge in [-0.1, -0.05) is 11.6 Å². The van der Waals surface area contributed by atoms with Crippen LogP contribution in [0, 0.1) is 0 Å². The van der Waals surface area contributed by atoms with Crippen molar-refractivity contribution < 1.29 is 22.7 Å². The Morgan fingerprint density at radius 1 is 1.29 bits per heavy atom. The predicted octanol–water partition coefficient (Wildman–Crippen LogP) is 0.541. The summed E-state index contributed by atoms with van der Waals surface area (Å²) in [6, 6.07) is 3.74. The molecule has 0 saturated heterocycles. The molecule has 0 fully saturated rings. The highest BCUT2D eigenvalue weighted by molar-refractivity contribution is 7.89. The van der Waals surface area contributed by atoms with Crippen LogP contribution >= 0.6 is 11.6 Å². The average Bonchev–Trinajstić information content (AvgIpc) is 2.42. The molecule has 1 amide bonds. The van der Waals surface area contributed by atoms with E-state index in [4.69, 9.17) is 11.6 Å². The van der Waals surface area contributed by atoms with Crippen LogP contribution in [0.3, 0.4) is 0 Å². The number of hydrogen-bond donors (Lipinski definition) is 2. The highest BCUT2D eigenvalue weighted by atomic mass is 35.5. The van der Waals surface area contributed by atoms with Crippen LogP contribution in [0.4, 0.5) is 0 Å². The molecule has 21 heavy (non-hydrogen) atoms. The normalized spacial score (nSPS) is 11.0. The molecule has 1 rings (SSSR count). The van der Waals surface area contributed by atoms with E-state index in [9.17, 15) is 18.0 Å². The van der Waals surface area contributed by atoms with Crippen molar-refractivity contribution in [2.75, 3.05) is 20.2 Å². The maximum Gasteiger partial charge on any atom is 0.337 e. The molecule has 0 bridgehead atoms. The monoisotopic (exact) mass is 334 g/mol. The number of carbonyl (C=O) groups is 2. The van der Waals surface area contributed by atoms with Crippen LogP contribution in [0.15, 0.2) is 23.1 Å². The van der Waals surface area contributed by atoms with Gasteiger partial charge in [0.2, 0.25) is 15.9 Å². The first-order valence-electron chi connectivity index (χ1n) is 5.90. The van der Waals surface area contributed by atoms with E-state index >= 15 is 0 Å². The lowest BCUT2D eigenvalue weighted by Crippen LogP contribution is -2.33. The Morgan fingerprint density at radius 3 is 2.48 bits per heavy atom. The zero-order chi connectivity index (χ0) is 16.0. The average molecular weight is 335 g/mol. The second kappa shape index (κ2) is 7.39. The van der Waals surface area contributed by atoms with Gasteiger partial charge in [0.1, 0.15) is 4.90 Å². The van der Waals surface area contributed by atoms with Gasteiger partial charge in [-0.3, -0.25) is 4.79 Å². The van der Waals surface area contributed by atoms with E-state index in [1.807, 2.05) is 0 Å². The molecule has 0 atom stereocenters. The van der Waals surface area contributed by atoms with Crippen molar-refractivity contribution in [1.29, 1.82) is 0 Å². The first-order chi connectivity index (χ1) is 9.77. The van der Waals surface area contributed by atoms with E-state index in [0.29, 0.717) is 0 Å². The zero-order valence-corrected chi connectivity index (χ0v) is 13.0. The van der Waals surface area contributed by atoms with Gasteiger partial charge in [-0.2, -0.15) is 0 Å². The molecular weight excluding hydrogens is 320 g/mol. The summed E-state index contributed by atoms with van der Waals surface area (Å²) in [5, 5.41) is 2.36. The Balaban J connectivity index is 2.84. The molecule has 0 aromatic heterocycles. The number of halogens is 1. The van der Waals surface area contributed by atoms with Crippen LogP contribution in [0.5, 0.6) is 0 Å². The Labute approximate surface area is 127 Å². The number of rotatable bonds is 6. The largest absolute Gasteiger partial charge is 0.465 e. The molecular formula is C12H15ClN2O5S. The van der Waals surface area contributed by atoms with Crippen molar-refractivity contribution >= 4 is 33.5 Å². The molecule has 9 heteroatoms. The summed E-state index contributed by atoms with van der Waals surface area (Å²) >= 11 is 5.88. The fourth-order valence-corrected chi connectivity index (χ4v) is 3.04. The van der Waals surface area contributed by atoms with Crippen molar-refractivity contribution in [2.45, 2.75) is 11.8 Å². The number of methoxy groups -OCH3 is 1. The molecule has 7 nitrogen and oxygen atoms in total. The molecule has 1 aromatic rings. The number of benzene rings is 1. The maximum atomic E-state index is 12.0. The highest BCUT2D eigenvalue weighted by Gasteiger charge is 2.19. The minimum Gasteiger partial charge on any atom is -0.465 e. The molecule has 0 saturated carbocycles. The zero-order valence-electron chi connectivity index (χ0n) is 11.5. The number of ether oxygens (including phenoxy) is 1. The van der Waals surface area contributed by atoms with Gasteiger partial charge in [-0.25, -0.2) is 17.9 Å². The Kier molecular flexibility index (Phi) is 6.13. The lowest BCUT2D eigenvalue weighted by molar-refractivity contribution is -0.118. The van der Waals surface area contributed by atoms with Crippen LogP contribution in [0.2, 0.25) is 5.02 Å². The minimum absolute atomic E-state index is 0.0248. The van der Waals surface area contributed by atoms with Crippen LogP contribution in [0.1, 0.15) is 17.3 Å². The number of sulfonamides is 1. The van der Waals surface area contributed by atoms with Gasteiger partial charge in [-0.15, -0.1) is 0 Å². The quantitative estimate of drug-likeness (QED) is 0.584. The van der Waals surface area contributed by atoms with E-state index in [-0.39, 0.29) is 34.5 Å². The number of amides is 1. The fourth-order valence-electron chi connectivity index (χ4n) is 1.47. The van der Waals surface area contributed by atoms with Gasteiger partial charge in [0.25, 0.3) is 0 Å². The van der Waals surface area contributed by atoms with Gasteiger partial charge in [0.05, 0.1) is 17.7 Å². The smallest absolute Gasteiger partial charge is 0.337 e. The molecule has 116 valence electrons. The van der Waals surface area contributed by atoms with E-state index in [1.165, 1.54) is 32.2 Å². The van der Waals surface area contributed by atoms with Crippen molar-refractivity contribution in [3.8, 4) is 0 Å². The van der Waals surface area contributed by atoms with E-state index < -0.39 is 16.0 Å². The minimum atomic E-state index is -3.82. The fraction of sp³-hybridized carbons (Fsp3) is 0.333. The summed E-state index contributed by atoms with van der Waals surface area (Å²) in [6.07, 6.45) is 0. The summed E-state index contributed by atoms with van der Waals surface area (Å²) in [4.78, 5) is 21.8. The number of hydrogen-bond acceptors (Lipinski definition) is 5. The molecule has 0 spiro atoms. The molecule has 0 aliphatic carbocycles. The van der Waals surface area contributed by atoms with Crippen molar-refractivity contribution in [3.63, 3.8) is 0 Å². The Hall–Kier alpha value is -1.64. The highest BCUT2D eigenvalue weighted by Crippen LogP contribution is 2.22. The SMILES string of the molecule is COC(=O)c1ccc(S(=O)(=O)NCCNC(C)=O)c(Cl)c1.